The van der Waals surface area contributed by atoms with Gasteiger partial charge in [0.25, 0.3) is 0 Å². The van der Waals surface area contributed by atoms with Crippen LogP contribution in [0.5, 0.6) is 5.75 Å². The van der Waals surface area contributed by atoms with Crippen molar-refractivity contribution in [2.24, 2.45) is 0 Å². The van der Waals surface area contributed by atoms with Crippen LogP contribution in [0.3, 0.4) is 0 Å². The second-order valence-electron chi connectivity index (χ2n) is 4.37. The molecule has 0 saturated heterocycles. The van der Waals surface area contributed by atoms with Gasteiger partial charge < -0.3 is 4.74 Å². The molecule has 1 aromatic carbocycles. The van der Waals surface area contributed by atoms with Gasteiger partial charge in [0.15, 0.2) is 11.5 Å². The van der Waals surface area contributed by atoms with Gasteiger partial charge >= 0.3 is 0 Å². The van der Waals surface area contributed by atoms with E-state index in [-0.39, 0.29) is 0 Å². The second-order valence-corrected chi connectivity index (χ2v) is 4.76. The number of fused-ring (bicyclic) bond motifs is 2. The van der Waals surface area contributed by atoms with Gasteiger partial charge in [-0.05, 0) is 35.9 Å². The lowest BCUT2D eigenvalue weighted by Gasteiger charge is -2.02. The first-order chi connectivity index (χ1) is 9.31. The number of ether oxygens (including phenoxy) is 1. The van der Waals surface area contributed by atoms with Crippen molar-refractivity contribution in [1.82, 2.24) is 19.8 Å². The number of rotatable bonds is 1. The molecule has 0 N–H and O–H groups in total. The molecule has 6 heteroatoms. The van der Waals surface area contributed by atoms with Gasteiger partial charge in [-0.15, -0.1) is 10.2 Å². The topological polar surface area (TPSA) is 52.3 Å². The maximum Gasteiger partial charge on any atom is 0.185 e. The molecule has 0 amide bonds. The van der Waals surface area contributed by atoms with E-state index in [9.17, 15) is 0 Å². The Morgan fingerprint density at radius 1 is 1.16 bits per heavy atom. The number of hydrogen-bond donors (Lipinski definition) is 0. The zero-order valence-corrected chi connectivity index (χ0v) is 10.6. The summed E-state index contributed by atoms with van der Waals surface area (Å²) in [6.07, 6.45) is 0.925. The fourth-order valence-corrected chi connectivity index (χ4v) is 2.41. The van der Waals surface area contributed by atoms with Crippen molar-refractivity contribution >= 4 is 17.2 Å². The molecule has 0 spiro atoms. The molecule has 5 nitrogen and oxygen atoms in total. The number of halogens is 1. The monoisotopic (exact) mass is 272 g/mol. The maximum atomic E-state index is 5.92. The molecule has 0 aliphatic carbocycles. The highest BCUT2D eigenvalue weighted by Crippen LogP contribution is 2.29. The lowest BCUT2D eigenvalue weighted by atomic mass is 10.1. The number of benzene rings is 1. The minimum Gasteiger partial charge on any atom is -0.493 e. The fourth-order valence-electron chi connectivity index (χ4n) is 2.27. The van der Waals surface area contributed by atoms with E-state index < -0.39 is 0 Å². The summed E-state index contributed by atoms with van der Waals surface area (Å²) in [6, 6.07) is 9.49. The Balaban J connectivity index is 1.92. The van der Waals surface area contributed by atoms with E-state index in [4.69, 9.17) is 16.3 Å². The molecule has 0 atom stereocenters. The Morgan fingerprint density at radius 3 is 3.05 bits per heavy atom. The molecular formula is C13H9ClN4O. The van der Waals surface area contributed by atoms with Crippen LogP contribution in [-0.2, 0) is 6.42 Å². The Kier molecular flexibility index (Phi) is 2.22. The van der Waals surface area contributed by atoms with Crippen LogP contribution in [0.25, 0.3) is 17.0 Å². The molecule has 19 heavy (non-hydrogen) atoms. The molecule has 0 bridgehead atoms. The van der Waals surface area contributed by atoms with Crippen molar-refractivity contribution in [3.05, 3.63) is 41.0 Å². The van der Waals surface area contributed by atoms with Crippen LogP contribution in [0.15, 0.2) is 30.3 Å². The van der Waals surface area contributed by atoms with Gasteiger partial charge in [-0.3, -0.25) is 0 Å². The highest BCUT2D eigenvalue weighted by Gasteiger charge is 2.15. The lowest BCUT2D eigenvalue weighted by Crippen LogP contribution is -1.95. The van der Waals surface area contributed by atoms with Crippen LogP contribution in [-0.4, -0.2) is 26.4 Å². The number of hydrogen-bond acceptors (Lipinski definition) is 4. The van der Waals surface area contributed by atoms with Crippen LogP contribution in [0.2, 0.25) is 5.15 Å². The SMILES string of the molecule is Clc1ccc2nnc(-c3ccc4c(c3)CCO4)n2n1. The minimum absolute atomic E-state index is 0.415. The predicted octanol–water partition coefficient (Wildman–Crippen LogP) is 2.38. The van der Waals surface area contributed by atoms with Gasteiger partial charge in [-0.25, -0.2) is 0 Å². The predicted molar refractivity (Wildman–Crippen MR) is 70.4 cm³/mol. The zero-order chi connectivity index (χ0) is 12.8. The molecule has 0 unspecified atom stereocenters. The number of nitrogens with zero attached hydrogens (tertiary/aromatic N) is 4. The third-order valence-corrected chi connectivity index (χ3v) is 3.38. The summed E-state index contributed by atoms with van der Waals surface area (Å²) < 4.78 is 7.15. The first-order valence-electron chi connectivity index (χ1n) is 5.95. The fraction of sp³-hybridized carbons (Fsp3) is 0.154. The Morgan fingerprint density at radius 2 is 2.11 bits per heavy atom. The molecule has 0 radical (unpaired) electrons. The third-order valence-electron chi connectivity index (χ3n) is 3.18. The van der Waals surface area contributed by atoms with Gasteiger partial charge in [0.05, 0.1) is 6.61 Å². The minimum atomic E-state index is 0.415. The van der Waals surface area contributed by atoms with Gasteiger partial charge in [0, 0.05) is 12.0 Å². The van der Waals surface area contributed by atoms with Gasteiger partial charge in [-0.1, -0.05) is 11.6 Å². The Bertz CT molecular complexity index is 783. The largest absolute Gasteiger partial charge is 0.493 e. The average Bonchev–Trinajstić information content (AvgIpc) is 3.03. The summed E-state index contributed by atoms with van der Waals surface area (Å²) in [4.78, 5) is 0. The summed E-state index contributed by atoms with van der Waals surface area (Å²) in [7, 11) is 0. The second kappa shape index (κ2) is 3.93. The molecule has 4 rings (SSSR count). The molecule has 3 aromatic rings. The van der Waals surface area contributed by atoms with Crippen LogP contribution < -0.4 is 4.74 Å². The standard InChI is InChI=1S/C13H9ClN4O/c14-11-3-4-12-15-16-13(18(12)17-11)9-1-2-10-8(7-9)5-6-19-10/h1-4,7H,5-6H2. The zero-order valence-electron chi connectivity index (χ0n) is 9.88. The molecular weight excluding hydrogens is 264 g/mol. The smallest absolute Gasteiger partial charge is 0.185 e. The van der Waals surface area contributed by atoms with Gasteiger partial charge in [0.2, 0.25) is 0 Å². The van der Waals surface area contributed by atoms with Crippen molar-refractivity contribution in [2.75, 3.05) is 6.61 Å². The van der Waals surface area contributed by atoms with Gasteiger partial charge in [0.1, 0.15) is 10.9 Å². The van der Waals surface area contributed by atoms with Crippen LogP contribution in [0.1, 0.15) is 5.56 Å². The summed E-state index contributed by atoms with van der Waals surface area (Å²) >= 11 is 5.92. The third kappa shape index (κ3) is 1.66. The van der Waals surface area contributed by atoms with Crippen LogP contribution in [0.4, 0.5) is 0 Å². The maximum absolute atomic E-state index is 5.92. The summed E-state index contributed by atoms with van der Waals surface area (Å²) in [6.45, 7) is 0.740. The first-order valence-corrected chi connectivity index (χ1v) is 6.33. The lowest BCUT2D eigenvalue weighted by molar-refractivity contribution is 0.357. The average molecular weight is 273 g/mol. The Labute approximate surface area is 113 Å². The van der Waals surface area contributed by atoms with Crippen LogP contribution >= 0.6 is 11.6 Å². The van der Waals surface area contributed by atoms with E-state index in [1.54, 1.807) is 16.6 Å². The molecule has 0 fully saturated rings. The molecule has 94 valence electrons. The molecule has 0 saturated carbocycles. The quantitative estimate of drug-likeness (QED) is 0.682. The van der Waals surface area contributed by atoms with Crippen molar-refractivity contribution in [3.63, 3.8) is 0 Å². The van der Waals surface area contributed by atoms with Crippen molar-refractivity contribution < 1.29 is 4.74 Å². The summed E-state index contributed by atoms with van der Waals surface area (Å²) in [5.41, 5.74) is 2.83. The highest BCUT2D eigenvalue weighted by atomic mass is 35.5. The van der Waals surface area contributed by atoms with E-state index in [1.807, 2.05) is 12.1 Å². The first kappa shape index (κ1) is 10.8. The van der Waals surface area contributed by atoms with E-state index in [2.05, 4.69) is 21.4 Å². The van der Waals surface area contributed by atoms with Crippen LogP contribution in [0, 0.1) is 0 Å². The molecule has 1 aliphatic rings. The molecule has 3 heterocycles. The van der Waals surface area contributed by atoms with Crippen molar-refractivity contribution in [2.45, 2.75) is 6.42 Å². The number of aromatic nitrogens is 4. The van der Waals surface area contributed by atoms with Gasteiger partial charge in [-0.2, -0.15) is 9.61 Å². The van der Waals surface area contributed by atoms with Crippen molar-refractivity contribution in [3.8, 4) is 17.1 Å². The Hall–Kier alpha value is -2.14. The molecule has 1 aliphatic heterocycles. The highest BCUT2D eigenvalue weighted by molar-refractivity contribution is 6.29. The van der Waals surface area contributed by atoms with E-state index in [0.29, 0.717) is 16.6 Å². The normalized spacial score (nSPS) is 13.5. The molecule has 2 aromatic heterocycles. The van der Waals surface area contributed by atoms with E-state index in [1.165, 1.54) is 5.56 Å². The van der Waals surface area contributed by atoms with E-state index >= 15 is 0 Å². The van der Waals surface area contributed by atoms with Crippen molar-refractivity contribution in [1.29, 1.82) is 0 Å². The summed E-state index contributed by atoms with van der Waals surface area (Å²) in [5, 5.41) is 12.9. The summed E-state index contributed by atoms with van der Waals surface area (Å²) in [5.74, 6) is 1.63. The van der Waals surface area contributed by atoms with E-state index in [0.717, 1.165) is 24.3 Å².